The van der Waals surface area contributed by atoms with E-state index in [0.29, 0.717) is 12.3 Å². The van der Waals surface area contributed by atoms with Gasteiger partial charge in [0.15, 0.2) is 5.76 Å². The molecule has 5 nitrogen and oxygen atoms in total. The maximum atomic E-state index is 12.5. The number of rotatable bonds is 5. The van der Waals surface area contributed by atoms with E-state index in [9.17, 15) is 4.79 Å². The lowest BCUT2D eigenvalue weighted by Crippen LogP contribution is -2.52. The van der Waals surface area contributed by atoms with Crippen LogP contribution in [0.4, 0.5) is 5.69 Å². The van der Waals surface area contributed by atoms with Crippen molar-refractivity contribution in [1.29, 1.82) is 0 Å². The minimum Gasteiger partial charge on any atom is -0.451 e. The smallest absolute Gasteiger partial charge is 0.287 e. The molecule has 146 valence electrons. The molecule has 2 aromatic carbocycles. The first kappa shape index (κ1) is 18.6. The van der Waals surface area contributed by atoms with Gasteiger partial charge in [-0.05, 0) is 44.2 Å². The number of carbonyl (C=O) groups excluding carboxylic acids is 1. The summed E-state index contributed by atoms with van der Waals surface area (Å²) in [5.41, 5.74) is 3.19. The number of anilines is 1. The lowest BCUT2D eigenvalue weighted by molar-refractivity contribution is 0.0909. The molecule has 1 aromatic heterocycles. The van der Waals surface area contributed by atoms with Crippen molar-refractivity contribution in [2.24, 2.45) is 0 Å². The Morgan fingerprint density at radius 3 is 2.57 bits per heavy atom. The number of hydrogen-bond acceptors (Lipinski definition) is 4. The van der Waals surface area contributed by atoms with Crippen LogP contribution in [-0.4, -0.2) is 49.6 Å². The summed E-state index contributed by atoms with van der Waals surface area (Å²) in [6.07, 6.45) is 0. The number of fused-ring (bicyclic) bond motifs is 1. The number of aryl methyl sites for hydroxylation is 1. The largest absolute Gasteiger partial charge is 0.451 e. The third kappa shape index (κ3) is 4.04. The third-order valence-electron chi connectivity index (χ3n) is 5.51. The summed E-state index contributed by atoms with van der Waals surface area (Å²) in [4.78, 5) is 17.3. The van der Waals surface area contributed by atoms with Crippen LogP contribution in [0, 0.1) is 6.92 Å². The van der Waals surface area contributed by atoms with Crippen molar-refractivity contribution in [1.82, 2.24) is 10.2 Å². The number of furan rings is 1. The number of amides is 1. The molecule has 5 heteroatoms. The Labute approximate surface area is 165 Å². The van der Waals surface area contributed by atoms with Gasteiger partial charge in [-0.25, -0.2) is 0 Å². The van der Waals surface area contributed by atoms with E-state index in [-0.39, 0.29) is 11.9 Å². The van der Waals surface area contributed by atoms with E-state index in [2.05, 4.69) is 46.3 Å². The van der Waals surface area contributed by atoms with Gasteiger partial charge in [0.05, 0.1) is 0 Å². The fraction of sp³-hybridized carbons (Fsp3) is 0.348. The molecular formula is C23H27N3O2. The zero-order valence-electron chi connectivity index (χ0n) is 16.5. The Morgan fingerprint density at radius 1 is 1.07 bits per heavy atom. The molecule has 2 heterocycles. The minimum atomic E-state index is -0.149. The minimum absolute atomic E-state index is 0.149. The van der Waals surface area contributed by atoms with E-state index in [1.165, 1.54) is 5.69 Å². The van der Waals surface area contributed by atoms with Crippen LogP contribution in [0.3, 0.4) is 0 Å². The van der Waals surface area contributed by atoms with Gasteiger partial charge in [0.25, 0.3) is 5.91 Å². The fourth-order valence-corrected chi connectivity index (χ4v) is 3.79. The van der Waals surface area contributed by atoms with Gasteiger partial charge in [-0.3, -0.25) is 9.69 Å². The number of hydrogen-bond donors (Lipinski definition) is 1. The summed E-state index contributed by atoms with van der Waals surface area (Å²) < 4.78 is 5.69. The predicted molar refractivity (Wildman–Crippen MR) is 113 cm³/mol. The first-order chi connectivity index (χ1) is 13.6. The zero-order valence-corrected chi connectivity index (χ0v) is 16.5. The van der Waals surface area contributed by atoms with Crippen molar-refractivity contribution >= 4 is 22.6 Å². The number of nitrogens with one attached hydrogen (secondary N) is 1. The molecule has 0 radical (unpaired) electrons. The SMILES string of the molecule is Cc1ccc2oc(C(=O)NCC(C)N3CCN(c4ccccc4)CC3)cc2c1. The van der Waals surface area contributed by atoms with Gasteiger partial charge in [-0.2, -0.15) is 0 Å². The maximum absolute atomic E-state index is 12.5. The van der Waals surface area contributed by atoms with E-state index >= 15 is 0 Å². The normalized spacial score (nSPS) is 16.3. The van der Waals surface area contributed by atoms with E-state index in [0.717, 1.165) is 42.7 Å². The van der Waals surface area contributed by atoms with Crippen LogP contribution >= 0.6 is 0 Å². The molecule has 28 heavy (non-hydrogen) atoms. The van der Waals surface area contributed by atoms with Gasteiger partial charge in [-0.1, -0.05) is 29.8 Å². The summed E-state index contributed by atoms with van der Waals surface area (Å²) in [6.45, 7) is 8.81. The first-order valence-corrected chi connectivity index (χ1v) is 9.92. The first-order valence-electron chi connectivity index (χ1n) is 9.92. The Balaban J connectivity index is 1.29. The quantitative estimate of drug-likeness (QED) is 0.737. The highest BCUT2D eigenvalue weighted by Crippen LogP contribution is 2.21. The Morgan fingerprint density at radius 2 is 1.82 bits per heavy atom. The topological polar surface area (TPSA) is 48.7 Å². The Bertz CT molecular complexity index is 943. The van der Waals surface area contributed by atoms with Gasteiger partial charge >= 0.3 is 0 Å². The summed E-state index contributed by atoms with van der Waals surface area (Å²) in [6, 6.07) is 18.6. The maximum Gasteiger partial charge on any atom is 0.287 e. The summed E-state index contributed by atoms with van der Waals surface area (Å²) in [5, 5.41) is 3.99. The van der Waals surface area contributed by atoms with Gasteiger partial charge < -0.3 is 14.6 Å². The van der Waals surface area contributed by atoms with Crippen molar-refractivity contribution in [2.75, 3.05) is 37.6 Å². The van der Waals surface area contributed by atoms with E-state index in [1.54, 1.807) is 0 Å². The molecule has 1 aliphatic heterocycles. The van der Waals surface area contributed by atoms with Crippen molar-refractivity contribution in [3.63, 3.8) is 0 Å². The second-order valence-corrected chi connectivity index (χ2v) is 7.57. The lowest BCUT2D eigenvalue weighted by Gasteiger charge is -2.39. The molecule has 1 saturated heterocycles. The number of piperazine rings is 1. The molecule has 1 atom stereocenters. The number of nitrogens with zero attached hydrogens (tertiary/aromatic N) is 2. The van der Waals surface area contributed by atoms with Gasteiger partial charge in [-0.15, -0.1) is 0 Å². The second-order valence-electron chi connectivity index (χ2n) is 7.57. The summed E-state index contributed by atoms with van der Waals surface area (Å²) >= 11 is 0. The molecule has 3 aromatic rings. The van der Waals surface area contributed by atoms with Gasteiger partial charge in [0.2, 0.25) is 0 Å². The molecule has 0 aliphatic carbocycles. The highest BCUT2D eigenvalue weighted by molar-refractivity contribution is 5.96. The molecule has 0 saturated carbocycles. The molecule has 4 rings (SSSR count). The fourth-order valence-electron chi connectivity index (χ4n) is 3.79. The van der Waals surface area contributed by atoms with Crippen molar-refractivity contribution in [3.8, 4) is 0 Å². The standard InChI is InChI=1S/C23H27N3O2/c1-17-8-9-21-19(14-17)15-22(28-21)23(27)24-16-18(2)25-10-12-26(13-11-25)20-6-4-3-5-7-20/h3-9,14-15,18H,10-13,16H2,1-2H3,(H,24,27). The van der Waals surface area contributed by atoms with E-state index in [4.69, 9.17) is 4.42 Å². The van der Waals surface area contributed by atoms with Crippen LogP contribution in [0.2, 0.25) is 0 Å². The Kier molecular flexibility index (Phi) is 5.35. The van der Waals surface area contributed by atoms with Crippen molar-refractivity contribution < 1.29 is 9.21 Å². The second kappa shape index (κ2) is 8.07. The summed E-state index contributed by atoms with van der Waals surface area (Å²) in [5.74, 6) is 0.227. The van der Waals surface area contributed by atoms with Gasteiger partial charge in [0, 0.05) is 49.8 Å². The molecule has 0 bridgehead atoms. The highest BCUT2D eigenvalue weighted by atomic mass is 16.3. The Hall–Kier alpha value is -2.79. The molecule has 0 spiro atoms. The zero-order chi connectivity index (χ0) is 19.5. The molecule has 1 aliphatic rings. The van der Waals surface area contributed by atoms with Crippen LogP contribution in [-0.2, 0) is 0 Å². The predicted octanol–water partition coefficient (Wildman–Crippen LogP) is 3.68. The summed E-state index contributed by atoms with van der Waals surface area (Å²) in [7, 11) is 0. The van der Waals surface area contributed by atoms with Crippen LogP contribution in [0.25, 0.3) is 11.0 Å². The van der Waals surface area contributed by atoms with Gasteiger partial charge in [0.1, 0.15) is 5.58 Å². The number of benzene rings is 2. The molecule has 1 unspecified atom stereocenters. The molecule has 1 fully saturated rings. The van der Waals surface area contributed by atoms with Crippen LogP contribution in [0.5, 0.6) is 0 Å². The molecule has 1 N–H and O–H groups in total. The van der Waals surface area contributed by atoms with Crippen molar-refractivity contribution in [3.05, 3.63) is 65.9 Å². The van der Waals surface area contributed by atoms with E-state index in [1.807, 2.05) is 37.3 Å². The van der Waals surface area contributed by atoms with Crippen LogP contribution in [0.15, 0.2) is 59.0 Å². The van der Waals surface area contributed by atoms with Crippen LogP contribution < -0.4 is 10.2 Å². The monoisotopic (exact) mass is 377 g/mol. The highest BCUT2D eigenvalue weighted by Gasteiger charge is 2.22. The lowest BCUT2D eigenvalue weighted by atomic mass is 10.2. The van der Waals surface area contributed by atoms with Crippen LogP contribution in [0.1, 0.15) is 23.0 Å². The average Bonchev–Trinajstić information content (AvgIpc) is 3.16. The average molecular weight is 377 g/mol. The molecule has 1 amide bonds. The van der Waals surface area contributed by atoms with Crippen molar-refractivity contribution in [2.45, 2.75) is 19.9 Å². The number of carbonyl (C=O) groups is 1. The van der Waals surface area contributed by atoms with E-state index < -0.39 is 0 Å². The third-order valence-corrected chi connectivity index (χ3v) is 5.51. The number of para-hydroxylation sites is 1. The molecular weight excluding hydrogens is 350 g/mol.